The van der Waals surface area contributed by atoms with Gasteiger partial charge in [0.15, 0.2) is 0 Å². The van der Waals surface area contributed by atoms with Gasteiger partial charge < -0.3 is 10.1 Å². The summed E-state index contributed by atoms with van der Waals surface area (Å²) < 4.78 is 7.17. The molecule has 0 spiro atoms. The van der Waals surface area contributed by atoms with Crippen LogP contribution in [0.3, 0.4) is 0 Å². The molecule has 1 heterocycles. The van der Waals surface area contributed by atoms with Crippen LogP contribution in [0.25, 0.3) is 0 Å². The first-order valence-electron chi connectivity index (χ1n) is 8.58. The lowest BCUT2D eigenvalue weighted by Gasteiger charge is -2.08. The van der Waals surface area contributed by atoms with Gasteiger partial charge in [0, 0.05) is 32.9 Å². The number of aryl methyl sites for hydroxylation is 1. The Labute approximate surface area is 130 Å². The summed E-state index contributed by atoms with van der Waals surface area (Å²) >= 11 is 0. The Morgan fingerprint density at radius 3 is 2.52 bits per heavy atom. The van der Waals surface area contributed by atoms with Crippen LogP contribution in [0.5, 0.6) is 0 Å². The zero-order valence-corrected chi connectivity index (χ0v) is 13.9. The van der Waals surface area contributed by atoms with E-state index in [4.69, 9.17) is 4.74 Å². The van der Waals surface area contributed by atoms with Gasteiger partial charge in [-0.05, 0) is 12.5 Å². The minimum Gasteiger partial charge on any atom is -0.383 e. The highest BCUT2D eigenvalue weighted by Gasteiger charge is 2.01. The number of ether oxygens (including phenoxy) is 1. The third-order valence-electron chi connectivity index (χ3n) is 3.82. The topological polar surface area (TPSA) is 39.1 Å². The fourth-order valence-corrected chi connectivity index (χ4v) is 2.50. The predicted octanol–water partition coefficient (Wildman–Crippen LogP) is 3.76. The molecular weight excluding hydrogens is 262 g/mol. The maximum Gasteiger partial charge on any atom is 0.0587 e. The molecule has 0 amide bonds. The van der Waals surface area contributed by atoms with E-state index in [9.17, 15) is 0 Å². The average Bonchev–Trinajstić information content (AvgIpc) is 2.94. The van der Waals surface area contributed by atoms with E-state index < -0.39 is 0 Å². The summed E-state index contributed by atoms with van der Waals surface area (Å²) in [7, 11) is 1.73. The van der Waals surface area contributed by atoms with Crippen LogP contribution in [-0.4, -0.2) is 30.0 Å². The molecule has 1 aromatic rings. The van der Waals surface area contributed by atoms with Crippen molar-refractivity contribution in [2.24, 2.45) is 0 Å². The highest BCUT2D eigenvalue weighted by molar-refractivity contribution is 4.99. The molecule has 1 rings (SSSR count). The molecule has 0 radical (unpaired) electrons. The third kappa shape index (κ3) is 8.89. The van der Waals surface area contributed by atoms with Crippen molar-refractivity contribution >= 4 is 0 Å². The number of methoxy groups -OCH3 is 1. The number of unbranched alkanes of at least 4 members (excludes halogenated alkanes) is 7. The number of hydrogen-bond donors (Lipinski definition) is 1. The van der Waals surface area contributed by atoms with Crippen molar-refractivity contribution in [3.05, 3.63) is 18.0 Å². The molecule has 1 N–H and O–H groups in total. The Balaban J connectivity index is 2.05. The Morgan fingerprint density at radius 2 is 1.81 bits per heavy atom. The van der Waals surface area contributed by atoms with Gasteiger partial charge in [0.2, 0.25) is 0 Å². The fourth-order valence-electron chi connectivity index (χ4n) is 2.50. The number of nitrogens with one attached hydrogen (secondary N) is 1. The second-order valence-corrected chi connectivity index (χ2v) is 5.69. The van der Waals surface area contributed by atoms with E-state index in [-0.39, 0.29) is 0 Å². The predicted molar refractivity (Wildman–Crippen MR) is 88.4 cm³/mol. The van der Waals surface area contributed by atoms with E-state index in [1.165, 1.54) is 57.1 Å². The molecule has 122 valence electrons. The van der Waals surface area contributed by atoms with Gasteiger partial charge >= 0.3 is 0 Å². The molecule has 0 aliphatic rings. The van der Waals surface area contributed by atoms with E-state index in [1.807, 2.05) is 6.20 Å². The van der Waals surface area contributed by atoms with E-state index in [2.05, 4.69) is 28.1 Å². The lowest BCUT2D eigenvalue weighted by molar-refractivity contribution is 0.199. The van der Waals surface area contributed by atoms with E-state index >= 15 is 0 Å². The third-order valence-corrected chi connectivity index (χ3v) is 3.82. The van der Waals surface area contributed by atoms with Crippen LogP contribution >= 0.6 is 0 Å². The molecule has 0 saturated carbocycles. The summed E-state index contributed by atoms with van der Waals surface area (Å²) in [5.74, 6) is 0. The zero-order chi connectivity index (χ0) is 15.2. The summed E-state index contributed by atoms with van der Waals surface area (Å²) in [5.41, 5.74) is 1.27. The molecule has 0 saturated heterocycles. The quantitative estimate of drug-likeness (QED) is 0.531. The SMILES string of the molecule is CCCCCCCCCCn1nccc1CNCCOC. The monoisotopic (exact) mass is 295 g/mol. The van der Waals surface area contributed by atoms with Crippen molar-refractivity contribution in [3.63, 3.8) is 0 Å². The van der Waals surface area contributed by atoms with Gasteiger partial charge in [-0.25, -0.2) is 0 Å². The van der Waals surface area contributed by atoms with Gasteiger partial charge in [-0.3, -0.25) is 4.68 Å². The first-order chi connectivity index (χ1) is 10.4. The van der Waals surface area contributed by atoms with E-state index in [0.29, 0.717) is 0 Å². The van der Waals surface area contributed by atoms with Gasteiger partial charge in [0.05, 0.1) is 12.3 Å². The molecule has 0 aliphatic heterocycles. The van der Waals surface area contributed by atoms with Gasteiger partial charge in [-0.2, -0.15) is 5.10 Å². The zero-order valence-electron chi connectivity index (χ0n) is 13.9. The van der Waals surface area contributed by atoms with Crippen molar-refractivity contribution < 1.29 is 4.74 Å². The molecule has 0 bridgehead atoms. The molecule has 0 atom stereocenters. The van der Waals surface area contributed by atoms with E-state index in [1.54, 1.807) is 7.11 Å². The number of hydrogen-bond acceptors (Lipinski definition) is 3. The highest BCUT2D eigenvalue weighted by Crippen LogP contribution is 2.09. The van der Waals surface area contributed by atoms with Crippen LogP contribution in [0, 0.1) is 0 Å². The first kappa shape index (κ1) is 18.2. The molecule has 4 nitrogen and oxygen atoms in total. The molecule has 0 aromatic carbocycles. The highest BCUT2D eigenvalue weighted by atomic mass is 16.5. The Morgan fingerprint density at radius 1 is 1.10 bits per heavy atom. The maximum absolute atomic E-state index is 5.03. The van der Waals surface area contributed by atoms with Gasteiger partial charge in [0.1, 0.15) is 0 Å². The Bertz CT molecular complexity index is 339. The normalized spacial score (nSPS) is 11.1. The molecule has 4 heteroatoms. The summed E-state index contributed by atoms with van der Waals surface area (Å²) in [5, 5.41) is 7.79. The lowest BCUT2D eigenvalue weighted by atomic mass is 10.1. The van der Waals surface area contributed by atoms with Crippen molar-refractivity contribution in [2.45, 2.75) is 71.4 Å². The van der Waals surface area contributed by atoms with Crippen molar-refractivity contribution in [2.75, 3.05) is 20.3 Å². The Kier molecular flexibility index (Phi) is 11.1. The van der Waals surface area contributed by atoms with Crippen LogP contribution in [0.4, 0.5) is 0 Å². The summed E-state index contributed by atoms with van der Waals surface area (Å²) in [6.07, 6.45) is 12.8. The van der Waals surface area contributed by atoms with Gasteiger partial charge in [-0.1, -0.05) is 51.9 Å². The lowest BCUT2D eigenvalue weighted by Crippen LogP contribution is -2.20. The summed E-state index contributed by atoms with van der Waals surface area (Å²) in [6, 6.07) is 2.10. The average molecular weight is 295 g/mol. The molecule has 0 fully saturated rings. The van der Waals surface area contributed by atoms with E-state index in [0.717, 1.165) is 26.2 Å². The minimum absolute atomic E-state index is 0.756. The smallest absolute Gasteiger partial charge is 0.0587 e. The van der Waals surface area contributed by atoms with Crippen LogP contribution < -0.4 is 5.32 Å². The number of rotatable bonds is 14. The van der Waals surface area contributed by atoms with Crippen molar-refractivity contribution in [3.8, 4) is 0 Å². The van der Waals surface area contributed by atoms with Crippen molar-refractivity contribution in [1.29, 1.82) is 0 Å². The maximum atomic E-state index is 5.03. The fraction of sp³-hybridized carbons (Fsp3) is 0.824. The van der Waals surface area contributed by atoms with Crippen molar-refractivity contribution in [1.82, 2.24) is 15.1 Å². The minimum atomic E-state index is 0.756. The number of aromatic nitrogens is 2. The molecule has 0 unspecified atom stereocenters. The Hall–Kier alpha value is -0.870. The molecular formula is C17H33N3O. The summed E-state index contributed by atoms with van der Waals surface area (Å²) in [4.78, 5) is 0. The van der Waals surface area contributed by atoms with Crippen LogP contribution in [0.15, 0.2) is 12.3 Å². The molecule has 0 aliphatic carbocycles. The van der Waals surface area contributed by atoms with Crippen LogP contribution in [0.2, 0.25) is 0 Å². The number of nitrogens with zero attached hydrogens (tertiary/aromatic N) is 2. The standard InChI is InChI=1S/C17H33N3O/c1-3-4-5-6-7-8-9-10-14-20-17(11-12-19-20)16-18-13-15-21-2/h11-12,18H,3-10,13-16H2,1-2H3. The van der Waals surface area contributed by atoms with Gasteiger partial charge in [0.25, 0.3) is 0 Å². The largest absolute Gasteiger partial charge is 0.383 e. The first-order valence-corrected chi connectivity index (χ1v) is 8.58. The second-order valence-electron chi connectivity index (χ2n) is 5.69. The van der Waals surface area contributed by atoms with Crippen LogP contribution in [0.1, 0.15) is 64.0 Å². The summed E-state index contributed by atoms with van der Waals surface area (Å²) in [6.45, 7) is 5.83. The van der Waals surface area contributed by atoms with Crippen LogP contribution in [-0.2, 0) is 17.8 Å². The molecule has 21 heavy (non-hydrogen) atoms. The molecule has 1 aromatic heterocycles. The second kappa shape index (κ2) is 12.8. The van der Waals surface area contributed by atoms with Gasteiger partial charge in [-0.15, -0.1) is 0 Å².